The first-order chi connectivity index (χ1) is 9.97. The number of rotatable bonds is 5. The van der Waals surface area contributed by atoms with Gasteiger partial charge in [-0.15, -0.1) is 0 Å². The third-order valence-electron chi connectivity index (χ3n) is 3.35. The molecule has 5 N–H and O–H groups in total. The van der Waals surface area contributed by atoms with Gasteiger partial charge in [0, 0.05) is 17.9 Å². The van der Waals surface area contributed by atoms with Crippen molar-refractivity contribution >= 4 is 17.3 Å². The zero-order chi connectivity index (χ0) is 15.4. The maximum absolute atomic E-state index is 13.0. The molecule has 21 heavy (non-hydrogen) atoms. The first-order valence-corrected chi connectivity index (χ1v) is 6.65. The van der Waals surface area contributed by atoms with Crippen LogP contribution < -0.4 is 16.8 Å². The minimum absolute atomic E-state index is 0.228. The number of hydrogen-bond acceptors (Lipinski definition) is 3. The zero-order valence-corrected chi connectivity index (χ0v) is 11.8. The van der Waals surface area contributed by atoms with E-state index in [1.54, 1.807) is 24.3 Å². The van der Waals surface area contributed by atoms with Crippen molar-refractivity contribution in [1.29, 1.82) is 0 Å². The molecule has 0 unspecified atom stereocenters. The molecule has 0 radical (unpaired) electrons. The summed E-state index contributed by atoms with van der Waals surface area (Å²) in [6, 6.07) is 9.82. The number of nitrogens with one attached hydrogen (secondary N) is 1. The predicted octanol–water partition coefficient (Wildman–Crippen LogP) is 2.47. The summed E-state index contributed by atoms with van der Waals surface area (Å²) in [6.45, 7) is 2.54. The Bertz CT molecular complexity index is 671. The molecule has 5 heteroatoms. The molecule has 0 saturated carbocycles. The quantitative estimate of drug-likeness (QED) is 0.739. The van der Waals surface area contributed by atoms with Crippen molar-refractivity contribution < 1.29 is 9.18 Å². The van der Waals surface area contributed by atoms with Crippen molar-refractivity contribution in [3.63, 3.8) is 0 Å². The van der Waals surface area contributed by atoms with Gasteiger partial charge in [0.25, 0.3) is 5.91 Å². The van der Waals surface area contributed by atoms with Crippen molar-refractivity contribution in [3.8, 4) is 0 Å². The molecule has 110 valence electrons. The Balaban J connectivity index is 2.00. The molecule has 0 aliphatic rings. The van der Waals surface area contributed by atoms with Crippen LogP contribution in [0.15, 0.2) is 36.4 Å². The summed E-state index contributed by atoms with van der Waals surface area (Å²) in [6.07, 6.45) is 0.752. The number of aryl methyl sites for hydroxylation is 1. The van der Waals surface area contributed by atoms with Gasteiger partial charge in [0.1, 0.15) is 5.82 Å². The molecule has 0 saturated heterocycles. The standard InChI is InChI=1S/C16H18FN3O/c1-10-8-12(17)3-2-11(10)6-7-20-13-4-5-15(18)14(9-13)16(19)21/h2-5,8-9,20H,6-7,18H2,1H3,(H2,19,21). The molecular formula is C16H18FN3O. The van der Waals surface area contributed by atoms with Crippen molar-refractivity contribution in [2.45, 2.75) is 13.3 Å². The summed E-state index contributed by atoms with van der Waals surface area (Å²) in [5.74, 6) is -0.778. The first kappa shape index (κ1) is 14.8. The molecule has 0 heterocycles. The van der Waals surface area contributed by atoms with Gasteiger partial charge in [-0.25, -0.2) is 4.39 Å². The van der Waals surface area contributed by atoms with Crippen LogP contribution in [0.5, 0.6) is 0 Å². The van der Waals surface area contributed by atoms with Crippen LogP contribution in [0.3, 0.4) is 0 Å². The van der Waals surface area contributed by atoms with Gasteiger partial charge in [0.05, 0.1) is 5.56 Å². The van der Waals surface area contributed by atoms with Crippen LogP contribution in [0.1, 0.15) is 21.5 Å². The van der Waals surface area contributed by atoms with E-state index < -0.39 is 5.91 Å². The Morgan fingerprint density at radius 3 is 2.67 bits per heavy atom. The van der Waals surface area contributed by atoms with Crippen LogP contribution in [0.2, 0.25) is 0 Å². The van der Waals surface area contributed by atoms with Crippen LogP contribution in [0, 0.1) is 12.7 Å². The van der Waals surface area contributed by atoms with Gasteiger partial charge in [-0.2, -0.15) is 0 Å². The molecule has 0 aromatic heterocycles. The Kier molecular flexibility index (Phi) is 4.42. The van der Waals surface area contributed by atoms with E-state index in [1.165, 1.54) is 12.1 Å². The molecule has 0 bridgehead atoms. The van der Waals surface area contributed by atoms with Gasteiger partial charge in [-0.1, -0.05) is 6.07 Å². The van der Waals surface area contributed by atoms with Gasteiger partial charge >= 0.3 is 0 Å². The normalized spacial score (nSPS) is 10.4. The van der Waals surface area contributed by atoms with Crippen molar-refractivity contribution in [3.05, 3.63) is 58.9 Å². The fraction of sp³-hybridized carbons (Fsp3) is 0.188. The summed E-state index contributed by atoms with van der Waals surface area (Å²) in [7, 11) is 0. The highest BCUT2D eigenvalue weighted by molar-refractivity contribution is 5.98. The number of carbonyl (C=O) groups is 1. The van der Waals surface area contributed by atoms with Crippen LogP contribution in [0.4, 0.5) is 15.8 Å². The van der Waals surface area contributed by atoms with E-state index in [0.29, 0.717) is 17.8 Å². The summed E-state index contributed by atoms with van der Waals surface area (Å²) >= 11 is 0. The SMILES string of the molecule is Cc1cc(F)ccc1CCNc1ccc(N)c(C(N)=O)c1. The molecule has 1 amide bonds. The summed E-state index contributed by atoms with van der Waals surface area (Å²) in [5.41, 5.74) is 14.4. The van der Waals surface area contributed by atoms with E-state index in [2.05, 4.69) is 5.32 Å². The molecule has 2 rings (SSSR count). The van der Waals surface area contributed by atoms with Crippen molar-refractivity contribution in [2.24, 2.45) is 5.73 Å². The molecule has 2 aromatic carbocycles. The number of nitrogens with two attached hydrogens (primary N) is 2. The smallest absolute Gasteiger partial charge is 0.250 e. The summed E-state index contributed by atoms with van der Waals surface area (Å²) in [4.78, 5) is 11.2. The molecule has 0 aliphatic heterocycles. The number of halogens is 1. The third kappa shape index (κ3) is 3.72. The van der Waals surface area contributed by atoms with E-state index in [0.717, 1.165) is 23.2 Å². The maximum Gasteiger partial charge on any atom is 0.250 e. The van der Waals surface area contributed by atoms with E-state index in [9.17, 15) is 9.18 Å². The lowest BCUT2D eigenvalue weighted by molar-refractivity contribution is 0.100. The fourth-order valence-electron chi connectivity index (χ4n) is 2.16. The van der Waals surface area contributed by atoms with E-state index in [1.807, 2.05) is 6.92 Å². The number of carbonyl (C=O) groups excluding carboxylic acids is 1. The average Bonchev–Trinajstić information content (AvgIpc) is 2.42. The molecule has 0 aliphatic carbocycles. The Labute approximate surface area is 123 Å². The fourth-order valence-corrected chi connectivity index (χ4v) is 2.16. The highest BCUT2D eigenvalue weighted by atomic mass is 19.1. The van der Waals surface area contributed by atoms with Gasteiger partial charge in [-0.3, -0.25) is 4.79 Å². The lowest BCUT2D eigenvalue weighted by Crippen LogP contribution is -2.14. The van der Waals surface area contributed by atoms with Crippen LogP contribution in [-0.4, -0.2) is 12.5 Å². The van der Waals surface area contributed by atoms with Gasteiger partial charge in [-0.05, 0) is 54.8 Å². The van der Waals surface area contributed by atoms with E-state index in [-0.39, 0.29) is 5.82 Å². The first-order valence-electron chi connectivity index (χ1n) is 6.65. The van der Waals surface area contributed by atoms with Crippen LogP contribution in [0.25, 0.3) is 0 Å². The van der Waals surface area contributed by atoms with Crippen LogP contribution in [-0.2, 0) is 6.42 Å². The lowest BCUT2D eigenvalue weighted by Gasteiger charge is -2.10. The Hall–Kier alpha value is -2.56. The van der Waals surface area contributed by atoms with Crippen LogP contribution >= 0.6 is 0 Å². The summed E-state index contributed by atoms with van der Waals surface area (Å²) < 4.78 is 13.0. The molecular weight excluding hydrogens is 269 g/mol. The van der Waals surface area contributed by atoms with E-state index >= 15 is 0 Å². The molecule has 2 aromatic rings. The number of amides is 1. The molecule has 0 fully saturated rings. The second kappa shape index (κ2) is 6.26. The van der Waals surface area contributed by atoms with Gasteiger partial charge in [0.2, 0.25) is 0 Å². The van der Waals surface area contributed by atoms with Gasteiger partial charge < -0.3 is 16.8 Å². The van der Waals surface area contributed by atoms with Crippen molar-refractivity contribution in [1.82, 2.24) is 0 Å². The molecule has 0 atom stereocenters. The highest BCUT2D eigenvalue weighted by Gasteiger charge is 2.06. The number of benzene rings is 2. The molecule has 0 spiro atoms. The third-order valence-corrected chi connectivity index (χ3v) is 3.35. The highest BCUT2D eigenvalue weighted by Crippen LogP contribution is 2.18. The minimum Gasteiger partial charge on any atom is -0.398 e. The second-order valence-electron chi connectivity index (χ2n) is 4.91. The number of nitrogen functional groups attached to an aromatic ring is 1. The predicted molar refractivity (Wildman–Crippen MR) is 82.7 cm³/mol. The summed E-state index contributed by atoms with van der Waals surface area (Å²) in [5, 5.41) is 3.20. The average molecular weight is 287 g/mol. The Morgan fingerprint density at radius 1 is 1.24 bits per heavy atom. The number of anilines is 2. The minimum atomic E-state index is -0.550. The maximum atomic E-state index is 13.0. The van der Waals surface area contributed by atoms with Gasteiger partial charge in [0.15, 0.2) is 0 Å². The van der Waals surface area contributed by atoms with E-state index in [4.69, 9.17) is 11.5 Å². The molecule has 4 nitrogen and oxygen atoms in total. The second-order valence-corrected chi connectivity index (χ2v) is 4.91. The number of primary amides is 1. The lowest BCUT2D eigenvalue weighted by atomic mass is 10.1. The zero-order valence-electron chi connectivity index (χ0n) is 11.8. The number of hydrogen-bond donors (Lipinski definition) is 3. The monoisotopic (exact) mass is 287 g/mol. The topological polar surface area (TPSA) is 81.1 Å². The van der Waals surface area contributed by atoms with Crippen molar-refractivity contribution in [2.75, 3.05) is 17.6 Å². The largest absolute Gasteiger partial charge is 0.398 e. The Morgan fingerprint density at radius 2 is 2.00 bits per heavy atom.